The molecule has 1 unspecified atom stereocenters. The molecule has 0 saturated carbocycles. The molecule has 5 nitrogen and oxygen atoms in total. The number of rotatable bonds is 4. The van der Waals surface area contributed by atoms with Gasteiger partial charge in [0, 0.05) is 12.2 Å². The molecule has 0 aliphatic rings. The first-order chi connectivity index (χ1) is 7.54. The average molecular weight is 228 g/mol. The number of carbonyl (C=O) groups is 1. The highest BCUT2D eigenvalue weighted by Gasteiger charge is 2.11. The van der Waals surface area contributed by atoms with E-state index in [1.54, 1.807) is 0 Å². The van der Waals surface area contributed by atoms with Crippen LogP contribution < -0.4 is 11.1 Å². The van der Waals surface area contributed by atoms with E-state index in [0.717, 1.165) is 12.1 Å². The number of nitrogen functional groups attached to an aromatic ring is 1. The minimum atomic E-state index is -1.04. The van der Waals surface area contributed by atoms with Gasteiger partial charge in [0.25, 0.3) is 5.91 Å². The van der Waals surface area contributed by atoms with Crippen LogP contribution in [-0.4, -0.2) is 35.4 Å². The van der Waals surface area contributed by atoms with Crippen molar-refractivity contribution in [1.29, 1.82) is 0 Å². The molecule has 6 heteroatoms. The molecule has 1 atom stereocenters. The van der Waals surface area contributed by atoms with Crippen LogP contribution in [0.3, 0.4) is 0 Å². The molecule has 5 N–H and O–H groups in total. The number of hydrogen-bond acceptors (Lipinski definition) is 4. The Kier molecular flexibility index (Phi) is 4.21. The van der Waals surface area contributed by atoms with Crippen molar-refractivity contribution in [2.75, 3.05) is 18.9 Å². The van der Waals surface area contributed by atoms with E-state index in [1.165, 1.54) is 6.07 Å². The van der Waals surface area contributed by atoms with Gasteiger partial charge in [-0.3, -0.25) is 4.79 Å². The van der Waals surface area contributed by atoms with E-state index in [-0.39, 0.29) is 17.8 Å². The third kappa shape index (κ3) is 3.18. The molecule has 1 aromatic rings. The predicted octanol–water partition coefficient (Wildman–Crippen LogP) is -0.509. The quantitative estimate of drug-likeness (QED) is 0.522. The predicted molar refractivity (Wildman–Crippen MR) is 56.2 cm³/mol. The lowest BCUT2D eigenvalue weighted by Crippen LogP contribution is -2.34. The minimum absolute atomic E-state index is 0.00476. The zero-order valence-corrected chi connectivity index (χ0v) is 8.48. The van der Waals surface area contributed by atoms with Crippen LogP contribution in [0.4, 0.5) is 10.1 Å². The van der Waals surface area contributed by atoms with Crippen LogP contribution in [0.2, 0.25) is 0 Å². The molecule has 0 spiro atoms. The number of nitrogens with two attached hydrogens (primary N) is 1. The first kappa shape index (κ1) is 12.4. The van der Waals surface area contributed by atoms with E-state index in [0.29, 0.717) is 0 Å². The normalized spacial score (nSPS) is 12.2. The summed E-state index contributed by atoms with van der Waals surface area (Å²) in [4.78, 5) is 11.5. The highest BCUT2D eigenvalue weighted by atomic mass is 19.1. The summed E-state index contributed by atoms with van der Waals surface area (Å²) >= 11 is 0. The van der Waals surface area contributed by atoms with Crippen LogP contribution in [0, 0.1) is 5.82 Å². The maximum absolute atomic E-state index is 12.8. The van der Waals surface area contributed by atoms with Crippen LogP contribution in [0.25, 0.3) is 0 Å². The van der Waals surface area contributed by atoms with Crippen LogP contribution in [-0.2, 0) is 0 Å². The van der Waals surface area contributed by atoms with Gasteiger partial charge in [-0.25, -0.2) is 4.39 Å². The Balaban J connectivity index is 2.69. The monoisotopic (exact) mass is 228 g/mol. The van der Waals surface area contributed by atoms with Crippen LogP contribution in [0.1, 0.15) is 10.4 Å². The van der Waals surface area contributed by atoms with E-state index in [1.807, 2.05) is 0 Å². The lowest BCUT2D eigenvalue weighted by Gasteiger charge is -2.10. The SMILES string of the molecule is Nc1ccc(F)cc1C(=O)NCC(O)CO. The zero-order chi connectivity index (χ0) is 12.1. The van der Waals surface area contributed by atoms with E-state index < -0.39 is 24.4 Å². The lowest BCUT2D eigenvalue weighted by atomic mass is 10.1. The van der Waals surface area contributed by atoms with Gasteiger partial charge in [0.15, 0.2) is 0 Å². The van der Waals surface area contributed by atoms with Gasteiger partial charge in [-0.15, -0.1) is 0 Å². The number of aliphatic hydroxyl groups excluding tert-OH is 2. The van der Waals surface area contributed by atoms with E-state index in [2.05, 4.69) is 5.32 Å². The Morgan fingerprint density at radius 3 is 2.88 bits per heavy atom. The van der Waals surface area contributed by atoms with Gasteiger partial charge in [-0.1, -0.05) is 0 Å². The molecular formula is C10H13FN2O3. The molecule has 0 bridgehead atoms. The second-order valence-electron chi connectivity index (χ2n) is 3.28. The lowest BCUT2D eigenvalue weighted by molar-refractivity contribution is 0.0802. The van der Waals surface area contributed by atoms with Gasteiger partial charge in [-0.2, -0.15) is 0 Å². The maximum Gasteiger partial charge on any atom is 0.253 e. The zero-order valence-electron chi connectivity index (χ0n) is 8.48. The van der Waals surface area contributed by atoms with Crippen LogP contribution >= 0.6 is 0 Å². The van der Waals surface area contributed by atoms with E-state index >= 15 is 0 Å². The minimum Gasteiger partial charge on any atom is -0.398 e. The van der Waals surface area contributed by atoms with Crippen molar-refractivity contribution < 1.29 is 19.4 Å². The summed E-state index contributed by atoms with van der Waals surface area (Å²) in [5, 5.41) is 19.9. The summed E-state index contributed by atoms with van der Waals surface area (Å²) in [5.41, 5.74) is 5.64. The second kappa shape index (κ2) is 5.43. The summed E-state index contributed by atoms with van der Waals surface area (Å²) in [6.07, 6.45) is -1.04. The number of anilines is 1. The maximum atomic E-state index is 12.8. The molecule has 1 amide bonds. The smallest absolute Gasteiger partial charge is 0.253 e. The summed E-state index contributed by atoms with van der Waals surface area (Å²) in [6, 6.07) is 3.44. The first-order valence-corrected chi connectivity index (χ1v) is 4.66. The molecule has 0 fully saturated rings. The van der Waals surface area contributed by atoms with Crippen molar-refractivity contribution in [1.82, 2.24) is 5.32 Å². The molecule has 0 heterocycles. The number of benzene rings is 1. The molecular weight excluding hydrogens is 215 g/mol. The Morgan fingerprint density at radius 1 is 1.56 bits per heavy atom. The van der Waals surface area contributed by atoms with Crippen LogP contribution in [0.5, 0.6) is 0 Å². The van der Waals surface area contributed by atoms with Crippen molar-refractivity contribution in [3.8, 4) is 0 Å². The van der Waals surface area contributed by atoms with Crippen molar-refractivity contribution in [2.45, 2.75) is 6.10 Å². The van der Waals surface area contributed by atoms with Gasteiger partial charge in [0.1, 0.15) is 5.82 Å². The molecule has 88 valence electrons. The molecule has 1 rings (SSSR count). The summed E-state index contributed by atoms with van der Waals surface area (Å²) in [5.74, 6) is -1.16. The second-order valence-corrected chi connectivity index (χ2v) is 3.28. The molecule has 0 radical (unpaired) electrons. The van der Waals surface area contributed by atoms with Gasteiger partial charge >= 0.3 is 0 Å². The molecule has 0 saturated heterocycles. The number of hydrogen-bond donors (Lipinski definition) is 4. The third-order valence-corrected chi connectivity index (χ3v) is 1.97. The number of carbonyl (C=O) groups excluding carboxylic acids is 1. The standard InChI is InChI=1S/C10H13FN2O3/c11-6-1-2-9(12)8(3-6)10(16)13-4-7(15)5-14/h1-3,7,14-15H,4-5,12H2,(H,13,16). The van der Waals surface area contributed by atoms with Crippen molar-refractivity contribution in [3.05, 3.63) is 29.6 Å². The summed E-state index contributed by atoms with van der Waals surface area (Å²) in [6.45, 7) is -0.579. The highest BCUT2D eigenvalue weighted by Crippen LogP contribution is 2.12. The molecule has 16 heavy (non-hydrogen) atoms. The summed E-state index contributed by atoms with van der Waals surface area (Å²) in [7, 11) is 0. The van der Waals surface area contributed by atoms with E-state index in [9.17, 15) is 9.18 Å². The average Bonchev–Trinajstić information content (AvgIpc) is 2.28. The van der Waals surface area contributed by atoms with Crippen molar-refractivity contribution in [2.24, 2.45) is 0 Å². The fourth-order valence-electron chi connectivity index (χ4n) is 1.10. The molecule has 0 aliphatic heterocycles. The van der Waals surface area contributed by atoms with Gasteiger partial charge in [-0.05, 0) is 18.2 Å². The van der Waals surface area contributed by atoms with Gasteiger partial charge in [0.2, 0.25) is 0 Å². The fraction of sp³-hybridized carbons (Fsp3) is 0.300. The molecule has 0 aliphatic carbocycles. The van der Waals surface area contributed by atoms with E-state index in [4.69, 9.17) is 15.9 Å². The van der Waals surface area contributed by atoms with Gasteiger partial charge in [0.05, 0.1) is 18.3 Å². The molecule has 1 aromatic carbocycles. The number of aliphatic hydroxyl groups is 2. The molecule has 0 aromatic heterocycles. The topological polar surface area (TPSA) is 95.6 Å². The largest absolute Gasteiger partial charge is 0.398 e. The number of nitrogens with one attached hydrogen (secondary N) is 1. The first-order valence-electron chi connectivity index (χ1n) is 4.66. The summed E-state index contributed by atoms with van der Waals surface area (Å²) < 4.78 is 12.8. The Labute approximate surface area is 91.7 Å². The number of amides is 1. The third-order valence-electron chi connectivity index (χ3n) is 1.97. The number of halogens is 1. The Bertz CT molecular complexity index is 384. The Morgan fingerprint density at radius 2 is 2.25 bits per heavy atom. The fourth-order valence-corrected chi connectivity index (χ4v) is 1.10. The van der Waals surface area contributed by atoms with Crippen molar-refractivity contribution in [3.63, 3.8) is 0 Å². The highest BCUT2D eigenvalue weighted by molar-refractivity contribution is 5.99. The Hall–Kier alpha value is -1.66. The van der Waals surface area contributed by atoms with Crippen molar-refractivity contribution >= 4 is 11.6 Å². The van der Waals surface area contributed by atoms with Gasteiger partial charge < -0.3 is 21.3 Å². The van der Waals surface area contributed by atoms with Crippen LogP contribution in [0.15, 0.2) is 18.2 Å².